The summed E-state index contributed by atoms with van der Waals surface area (Å²) in [7, 11) is 1.33. The molecule has 3 heterocycles. The van der Waals surface area contributed by atoms with E-state index in [1.54, 1.807) is 6.07 Å². The van der Waals surface area contributed by atoms with E-state index in [1.807, 2.05) is 4.90 Å². The largest absolute Gasteiger partial charge is 0.490 e. The highest BCUT2D eigenvalue weighted by molar-refractivity contribution is 5.83. The highest BCUT2D eigenvalue weighted by atomic mass is 19.4. The van der Waals surface area contributed by atoms with E-state index in [0.29, 0.717) is 38.3 Å². The van der Waals surface area contributed by atoms with Gasteiger partial charge in [0.15, 0.2) is 0 Å². The minimum absolute atomic E-state index is 0.174. The Morgan fingerprint density at radius 3 is 2.72 bits per heavy atom. The second kappa shape index (κ2) is 8.41. The molecule has 0 amide bonds. The third kappa shape index (κ3) is 4.53. The first-order chi connectivity index (χ1) is 13.8. The topological polar surface area (TPSA) is 97.0 Å². The van der Waals surface area contributed by atoms with Crippen molar-refractivity contribution in [1.29, 1.82) is 0 Å². The van der Waals surface area contributed by atoms with Gasteiger partial charge in [-0.3, -0.25) is 5.73 Å². The van der Waals surface area contributed by atoms with Gasteiger partial charge in [-0.15, -0.1) is 0 Å². The van der Waals surface area contributed by atoms with Crippen molar-refractivity contribution in [2.75, 3.05) is 51.5 Å². The molecule has 29 heavy (non-hydrogen) atoms. The van der Waals surface area contributed by atoms with E-state index in [2.05, 4.69) is 20.6 Å². The molecule has 2 aliphatic heterocycles. The SMILES string of the molecule is CNC1=C(C(F)(F)F)C=NC(N)(c2cnc(N3CCOCC3)cc2OCCF)N1. The average Bonchev–Trinajstić information content (AvgIpc) is 2.71. The maximum atomic E-state index is 13.2. The molecule has 0 saturated carbocycles. The van der Waals surface area contributed by atoms with Crippen LogP contribution in [0.5, 0.6) is 5.75 Å². The molecule has 1 unspecified atom stereocenters. The van der Waals surface area contributed by atoms with E-state index in [4.69, 9.17) is 15.2 Å². The number of allylic oxidation sites excluding steroid dienone is 1. The molecule has 3 rings (SSSR count). The summed E-state index contributed by atoms with van der Waals surface area (Å²) >= 11 is 0. The summed E-state index contributed by atoms with van der Waals surface area (Å²) < 4.78 is 63.0. The minimum Gasteiger partial charge on any atom is -0.490 e. The molecule has 8 nitrogen and oxygen atoms in total. The Balaban J connectivity index is 1.96. The number of aromatic nitrogens is 1. The number of hydrogen-bond acceptors (Lipinski definition) is 8. The normalized spacial score (nSPS) is 22.5. The number of rotatable bonds is 6. The number of alkyl halides is 4. The summed E-state index contributed by atoms with van der Waals surface area (Å²) in [4.78, 5) is 10.2. The number of nitrogens with one attached hydrogen (secondary N) is 2. The van der Waals surface area contributed by atoms with E-state index >= 15 is 0 Å². The van der Waals surface area contributed by atoms with Crippen molar-refractivity contribution in [3.8, 4) is 5.75 Å². The van der Waals surface area contributed by atoms with E-state index in [-0.39, 0.29) is 23.7 Å². The van der Waals surface area contributed by atoms with Crippen LogP contribution in [0.1, 0.15) is 5.56 Å². The molecule has 1 fully saturated rings. The number of aliphatic imine (C=N–C) groups is 1. The van der Waals surface area contributed by atoms with Gasteiger partial charge in [0.2, 0.25) is 5.79 Å². The predicted octanol–water partition coefficient (Wildman–Crippen LogP) is 1.00. The molecule has 1 aromatic heterocycles. The van der Waals surface area contributed by atoms with Gasteiger partial charge in [-0.2, -0.15) is 13.2 Å². The van der Waals surface area contributed by atoms with E-state index in [1.165, 1.54) is 13.2 Å². The first-order valence-corrected chi connectivity index (χ1v) is 8.92. The van der Waals surface area contributed by atoms with Crippen LogP contribution in [-0.2, 0) is 10.5 Å². The second-order valence-electron chi connectivity index (χ2n) is 6.36. The molecule has 1 atom stereocenters. The molecule has 2 aliphatic rings. The molecular weight excluding hydrogens is 396 g/mol. The molecule has 0 radical (unpaired) electrons. The van der Waals surface area contributed by atoms with Crippen molar-refractivity contribution in [3.05, 3.63) is 29.2 Å². The van der Waals surface area contributed by atoms with Crippen LogP contribution < -0.4 is 26.0 Å². The Kier molecular flexibility index (Phi) is 6.13. The molecular formula is C17H22F4N6O2. The lowest BCUT2D eigenvalue weighted by Crippen LogP contribution is -2.54. The predicted molar refractivity (Wildman–Crippen MR) is 98.4 cm³/mol. The lowest BCUT2D eigenvalue weighted by atomic mass is 10.1. The molecule has 0 bridgehead atoms. The van der Waals surface area contributed by atoms with Crippen LogP contribution >= 0.6 is 0 Å². The maximum absolute atomic E-state index is 13.2. The zero-order valence-corrected chi connectivity index (χ0v) is 15.7. The van der Waals surface area contributed by atoms with Crippen LogP contribution in [-0.4, -0.2) is 64.0 Å². The van der Waals surface area contributed by atoms with E-state index < -0.39 is 24.2 Å². The summed E-state index contributed by atoms with van der Waals surface area (Å²) in [5.74, 6) is -1.38. The van der Waals surface area contributed by atoms with Gasteiger partial charge in [-0.05, 0) is 0 Å². The number of pyridine rings is 1. The van der Waals surface area contributed by atoms with Crippen LogP contribution in [0, 0.1) is 0 Å². The fraction of sp³-hybridized carbons (Fsp3) is 0.529. The smallest absolute Gasteiger partial charge is 0.421 e. The van der Waals surface area contributed by atoms with Gasteiger partial charge in [-0.25, -0.2) is 14.4 Å². The van der Waals surface area contributed by atoms with Gasteiger partial charge in [0, 0.05) is 38.6 Å². The van der Waals surface area contributed by atoms with Gasteiger partial charge in [0.05, 0.1) is 18.8 Å². The summed E-state index contributed by atoms with van der Waals surface area (Å²) in [6, 6.07) is 1.57. The third-order valence-corrected chi connectivity index (χ3v) is 4.47. The standard InChI is InChI=1S/C17H22F4N6O2/c1-23-15-12(16(19,20)21)10-25-17(22,26-15)11-9-24-14(8-13(11)29-5-2-18)27-3-6-28-7-4-27/h8-10,23,26H,2-7,22H2,1H3. The molecule has 12 heteroatoms. The molecule has 0 spiro atoms. The van der Waals surface area contributed by atoms with Crippen molar-refractivity contribution >= 4 is 12.0 Å². The van der Waals surface area contributed by atoms with Gasteiger partial charge >= 0.3 is 6.18 Å². The third-order valence-electron chi connectivity index (χ3n) is 4.47. The van der Waals surface area contributed by atoms with Crippen molar-refractivity contribution in [1.82, 2.24) is 15.6 Å². The van der Waals surface area contributed by atoms with E-state index in [0.717, 1.165) is 0 Å². The number of anilines is 1. The Hall–Kier alpha value is -2.60. The molecule has 0 aliphatic carbocycles. The first kappa shape index (κ1) is 21.1. The number of hydrogen-bond donors (Lipinski definition) is 3. The Morgan fingerprint density at radius 1 is 1.38 bits per heavy atom. The second-order valence-corrected chi connectivity index (χ2v) is 6.36. The molecule has 1 saturated heterocycles. The van der Waals surface area contributed by atoms with Gasteiger partial charge in [0.1, 0.15) is 36.2 Å². The fourth-order valence-electron chi connectivity index (χ4n) is 3.02. The van der Waals surface area contributed by atoms with Gasteiger partial charge in [-0.1, -0.05) is 0 Å². The maximum Gasteiger partial charge on any atom is 0.421 e. The van der Waals surface area contributed by atoms with Crippen LogP contribution in [0.2, 0.25) is 0 Å². The Labute approximate surface area is 164 Å². The first-order valence-electron chi connectivity index (χ1n) is 8.92. The summed E-state index contributed by atoms with van der Waals surface area (Å²) in [5, 5.41) is 4.99. The van der Waals surface area contributed by atoms with Crippen molar-refractivity contribution in [2.45, 2.75) is 12.0 Å². The minimum atomic E-state index is -4.62. The lowest BCUT2D eigenvalue weighted by molar-refractivity contribution is -0.0875. The summed E-state index contributed by atoms with van der Waals surface area (Å²) in [6.07, 6.45) is -2.60. The van der Waals surface area contributed by atoms with Crippen molar-refractivity contribution in [2.24, 2.45) is 10.7 Å². The number of morpholine rings is 1. The monoisotopic (exact) mass is 418 g/mol. The number of nitrogens with zero attached hydrogens (tertiary/aromatic N) is 3. The van der Waals surface area contributed by atoms with Crippen LogP contribution in [0.25, 0.3) is 0 Å². The van der Waals surface area contributed by atoms with Crippen molar-refractivity contribution < 1.29 is 27.0 Å². The summed E-state index contributed by atoms with van der Waals surface area (Å²) in [5.41, 5.74) is 5.43. The summed E-state index contributed by atoms with van der Waals surface area (Å²) in [6.45, 7) is 1.30. The number of halogens is 4. The zero-order chi connectivity index (χ0) is 21.1. The quantitative estimate of drug-likeness (QED) is 0.593. The molecule has 160 valence electrons. The number of nitrogens with two attached hydrogens (primary N) is 1. The van der Waals surface area contributed by atoms with E-state index in [9.17, 15) is 17.6 Å². The van der Waals surface area contributed by atoms with Gasteiger partial charge in [0.25, 0.3) is 0 Å². The highest BCUT2D eigenvalue weighted by Crippen LogP contribution is 2.35. The number of ether oxygens (including phenoxy) is 2. The highest BCUT2D eigenvalue weighted by Gasteiger charge is 2.42. The molecule has 4 N–H and O–H groups in total. The zero-order valence-electron chi connectivity index (χ0n) is 15.7. The van der Waals surface area contributed by atoms with Crippen LogP contribution in [0.15, 0.2) is 28.6 Å². The average molecular weight is 418 g/mol. The lowest BCUT2D eigenvalue weighted by Gasteiger charge is -2.35. The Morgan fingerprint density at radius 2 is 2.10 bits per heavy atom. The van der Waals surface area contributed by atoms with Crippen LogP contribution in [0.3, 0.4) is 0 Å². The Bertz CT molecular complexity index is 795. The van der Waals surface area contributed by atoms with Crippen LogP contribution in [0.4, 0.5) is 23.4 Å². The molecule has 0 aromatic carbocycles. The fourth-order valence-corrected chi connectivity index (χ4v) is 3.02. The molecule has 1 aromatic rings. The van der Waals surface area contributed by atoms with Crippen molar-refractivity contribution in [3.63, 3.8) is 0 Å². The van der Waals surface area contributed by atoms with Gasteiger partial charge < -0.3 is 25.0 Å².